The SMILES string of the molecule is O=C1C(c2ccccc2)=[N+]([O-])c2cc([N+](=O)[O-])c(/C=C(\Cl)c3ccccc3)cc21. The number of hydrogen-bond donors (Lipinski definition) is 0. The summed E-state index contributed by atoms with van der Waals surface area (Å²) < 4.78 is 0.451. The molecule has 1 aliphatic heterocycles. The highest BCUT2D eigenvalue weighted by Gasteiger charge is 2.39. The molecule has 0 fully saturated rings. The molecule has 4 rings (SSSR count). The summed E-state index contributed by atoms with van der Waals surface area (Å²) in [6.45, 7) is 0. The maximum absolute atomic E-state index is 12.9. The van der Waals surface area contributed by atoms with Crippen molar-refractivity contribution in [2.75, 3.05) is 0 Å². The molecule has 3 aromatic rings. The Kier molecular flexibility index (Phi) is 4.70. The number of rotatable bonds is 4. The summed E-state index contributed by atoms with van der Waals surface area (Å²) in [6, 6.07) is 19.9. The smallest absolute Gasteiger partial charge is 0.283 e. The normalized spacial score (nSPS) is 13.6. The van der Waals surface area contributed by atoms with Crippen molar-refractivity contribution in [3.8, 4) is 0 Å². The molecular weight excluding hydrogens is 392 g/mol. The third-order valence-corrected chi connectivity index (χ3v) is 4.93. The first-order chi connectivity index (χ1) is 14.0. The van der Waals surface area contributed by atoms with Crippen LogP contribution in [0.25, 0.3) is 11.1 Å². The van der Waals surface area contributed by atoms with Gasteiger partial charge in [0.15, 0.2) is 0 Å². The van der Waals surface area contributed by atoms with Gasteiger partial charge in [0, 0.05) is 5.03 Å². The van der Waals surface area contributed by atoms with E-state index in [4.69, 9.17) is 11.6 Å². The van der Waals surface area contributed by atoms with Gasteiger partial charge in [-0.3, -0.25) is 14.9 Å². The zero-order valence-corrected chi connectivity index (χ0v) is 15.7. The van der Waals surface area contributed by atoms with Crippen LogP contribution in [0.4, 0.5) is 11.4 Å². The van der Waals surface area contributed by atoms with Gasteiger partial charge in [-0.2, -0.15) is 4.74 Å². The van der Waals surface area contributed by atoms with E-state index < -0.39 is 10.7 Å². The van der Waals surface area contributed by atoms with Crippen LogP contribution in [-0.2, 0) is 0 Å². The van der Waals surface area contributed by atoms with Gasteiger partial charge in [-0.15, -0.1) is 0 Å². The Bertz CT molecular complexity index is 1200. The molecule has 1 aliphatic rings. The summed E-state index contributed by atoms with van der Waals surface area (Å²) >= 11 is 6.33. The summed E-state index contributed by atoms with van der Waals surface area (Å²) in [5.74, 6) is -0.485. The molecule has 0 radical (unpaired) electrons. The average molecular weight is 405 g/mol. The molecule has 0 saturated heterocycles. The van der Waals surface area contributed by atoms with Gasteiger partial charge in [0.1, 0.15) is 5.56 Å². The largest absolute Gasteiger partial charge is 0.618 e. The lowest BCUT2D eigenvalue weighted by molar-refractivity contribution is -0.387. The number of benzene rings is 3. The predicted molar refractivity (Wildman–Crippen MR) is 111 cm³/mol. The molecule has 7 heteroatoms. The van der Waals surface area contributed by atoms with Crippen molar-refractivity contribution in [3.63, 3.8) is 0 Å². The number of carbonyl (C=O) groups is 1. The zero-order chi connectivity index (χ0) is 20.5. The number of carbonyl (C=O) groups excluding carboxylic acids is 1. The number of hydrogen-bond acceptors (Lipinski definition) is 4. The van der Waals surface area contributed by atoms with E-state index in [2.05, 4.69) is 0 Å². The van der Waals surface area contributed by atoms with Crippen molar-refractivity contribution in [1.82, 2.24) is 0 Å². The van der Waals surface area contributed by atoms with Gasteiger partial charge in [-0.25, -0.2) is 0 Å². The number of nitro groups is 1. The van der Waals surface area contributed by atoms with Gasteiger partial charge in [-0.05, 0) is 29.8 Å². The van der Waals surface area contributed by atoms with Gasteiger partial charge in [-0.1, -0.05) is 60.1 Å². The van der Waals surface area contributed by atoms with Crippen molar-refractivity contribution in [2.45, 2.75) is 0 Å². The van der Waals surface area contributed by atoms with E-state index in [1.54, 1.807) is 54.6 Å². The molecule has 0 aromatic heterocycles. The Morgan fingerprint density at radius 3 is 2.24 bits per heavy atom. The van der Waals surface area contributed by atoms with E-state index in [0.29, 0.717) is 15.9 Å². The number of nitro benzene ring substituents is 1. The molecular formula is C22H13ClN2O4. The Labute approximate surface area is 170 Å². The van der Waals surface area contributed by atoms with E-state index in [1.165, 1.54) is 12.1 Å². The van der Waals surface area contributed by atoms with Crippen LogP contribution in [0.5, 0.6) is 0 Å². The van der Waals surface area contributed by atoms with Crippen LogP contribution < -0.4 is 0 Å². The molecule has 0 bridgehead atoms. The first kappa shape index (κ1) is 18.6. The summed E-state index contributed by atoms with van der Waals surface area (Å²) in [4.78, 5) is 23.9. The van der Waals surface area contributed by atoms with Gasteiger partial charge < -0.3 is 5.21 Å². The molecule has 29 heavy (non-hydrogen) atoms. The van der Waals surface area contributed by atoms with E-state index in [0.717, 1.165) is 6.07 Å². The molecule has 0 aliphatic carbocycles. The van der Waals surface area contributed by atoms with Gasteiger partial charge in [0.05, 0.1) is 22.1 Å². The van der Waals surface area contributed by atoms with Crippen LogP contribution in [-0.4, -0.2) is 21.2 Å². The topological polar surface area (TPSA) is 86.3 Å². The first-order valence-corrected chi connectivity index (χ1v) is 9.04. The molecule has 0 saturated carbocycles. The second kappa shape index (κ2) is 7.33. The second-order valence-electron chi connectivity index (χ2n) is 6.38. The minimum absolute atomic E-state index is 0.0477. The van der Waals surface area contributed by atoms with Crippen LogP contribution in [0.1, 0.15) is 27.0 Å². The van der Waals surface area contributed by atoms with Crippen molar-refractivity contribution >= 4 is 45.6 Å². The average Bonchev–Trinajstić information content (AvgIpc) is 2.98. The standard InChI is InChI=1S/C22H13ClN2O4/c23-18(14-7-3-1-4-8-14)12-16-11-17-20(13-19(16)25(28)29)24(27)21(22(17)26)15-9-5-2-6-10-15/h1-13H/b18-12-. The van der Waals surface area contributed by atoms with E-state index in [9.17, 15) is 20.1 Å². The Balaban J connectivity index is 1.86. The van der Waals surface area contributed by atoms with Gasteiger partial charge in [0.2, 0.25) is 5.69 Å². The summed E-state index contributed by atoms with van der Waals surface area (Å²) in [6.07, 6.45) is 1.43. The van der Waals surface area contributed by atoms with Crippen LogP contribution in [0.2, 0.25) is 0 Å². The molecule has 0 N–H and O–H groups in total. The molecule has 0 atom stereocenters. The molecule has 0 amide bonds. The van der Waals surface area contributed by atoms with Crippen molar-refractivity contribution in [2.24, 2.45) is 0 Å². The Hall–Kier alpha value is -3.77. The summed E-state index contributed by atoms with van der Waals surface area (Å²) in [5, 5.41) is 24.6. The lowest BCUT2D eigenvalue weighted by atomic mass is 10.00. The van der Waals surface area contributed by atoms with Gasteiger partial charge in [0.25, 0.3) is 17.2 Å². The maximum Gasteiger partial charge on any atom is 0.283 e. The van der Waals surface area contributed by atoms with E-state index in [1.807, 2.05) is 6.07 Å². The highest BCUT2D eigenvalue weighted by Crippen LogP contribution is 2.36. The molecule has 0 spiro atoms. The third-order valence-electron chi connectivity index (χ3n) is 4.60. The van der Waals surface area contributed by atoms with Crippen LogP contribution >= 0.6 is 11.6 Å². The number of ketones is 1. The summed E-state index contributed by atoms with van der Waals surface area (Å²) in [7, 11) is 0. The fourth-order valence-corrected chi connectivity index (χ4v) is 3.46. The third kappa shape index (κ3) is 3.30. The quantitative estimate of drug-likeness (QED) is 0.197. The molecule has 142 valence electrons. The first-order valence-electron chi connectivity index (χ1n) is 8.67. The molecule has 0 unspecified atom stereocenters. The summed E-state index contributed by atoms with van der Waals surface area (Å²) in [5.41, 5.74) is 0.967. The van der Waals surface area contributed by atoms with Gasteiger partial charge >= 0.3 is 0 Å². The number of Topliss-reactive ketones (excluding diaryl/α,β-unsaturated/α-hetero) is 1. The minimum Gasteiger partial charge on any atom is -0.618 e. The highest BCUT2D eigenvalue weighted by molar-refractivity contribution is 6.52. The van der Waals surface area contributed by atoms with Crippen LogP contribution in [0, 0.1) is 15.3 Å². The Morgan fingerprint density at radius 1 is 1.00 bits per heavy atom. The van der Waals surface area contributed by atoms with Crippen LogP contribution in [0.15, 0.2) is 72.8 Å². The second-order valence-corrected chi connectivity index (χ2v) is 6.79. The van der Waals surface area contributed by atoms with Crippen molar-refractivity contribution in [3.05, 3.63) is 110 Å². The van der Waals surface area contributed by atoms with Crippen molar-refractivity contribution < 1.29 is 14.5 Å². The van der Waals surface area contributed by atoms with E-state index in [-0.39, 0.29) is 33.2 Å². The maximum atomic E-state index is 12.9. The van der Waals surface area contributed by atoms with Crippen LogP contribution in [0.3, 0.4) is 0 Å². The number of nitrogens with zero attached hydrogens (tertiary/aromatic N) is 2. The molecule has 3 aromatic carbocycles. The lowest BCUT2D eigenvalue weighted by Crippen LogP contribution is -2.16. The predicted octanol–water partition coefficient (Wildman–Crippen LogP) is 5.16. The molecule has 1 heterocycles. The fraction of sp³-hybridized carbons (Fsp3) is 0. The number of halogens is 1. The molecule has 6 nitrogen and oxygen atoms in total. The monoisotopic (exact) mass is 404 g/mol. The number of fused-ring (bicyclic) bond motifs is 1. The lowest BCUT2D eigenvalue weighted by Gasteiger charge is -2.04. The minimum atomic E-state index is -0.597. The Morgan fingerprint density at radius 2 is 1.62 bits per heavy atom. The fourth-order valence-electron chi connectivity index (χ4n) is 3.22. The van der Waals surface area contributed by atoms with Crippen molar-refractivity contribution in [1.29, 1.82) is 0 Å². The zero-order valence-electron chi connectivity index (χ0n) is 14.9. The van der Waals surface area contributed by atoms with E-state index >= 15 is 0 Å². The highest BCUT2D eigenvalue weighted by atomic mass is 35.5.